The summed E-state index contributed by atoms with van der Waals surface area (Å²) in [6.45, 7) is 0. The molecule has 2 heterocycles. The van der Waals surface area contributed by atoms with E-state index in [0.29, 0.717) is 11.3 Å². The third-order valence-electron chi connectivity index (χ3n) is 1.94. The van der Waals surface area contributed by atoms with E-state index in [4.69, 9.17) is 4.42 Å². The van der Waals surface area contributed by atoms with Gasteiger partial charge in [0.1, 0.15) is 5.76 Å². The Hall–Kier alpha value is -1.43. The van der Waals surface area contributed by atoms with Crippen LogP contribution in [0.2, 0.25) is 0 Å². The van der Waals surface area contributed by atoms with Crippen LogP contribution in [0.15, 0.2) is 47.2 Å². The number of halogens is 1. The smallest absolute Gasteiger partial charge is 0.187 e. The number of hydrogen-bond acceptors (Lipinski definition) is 3. The molecule has 0 unspecified atom stereocenters. The molecule has 0 saturated heterocycles. The van der Waals surface area contributed by atoms with Crippen LogP contribution in [0.5, 0.6) is 0 Å². The second kappa shape index (κ2) is 5.07. The molecule has 2 rings (SSSR count). The summed E-state index contributed by atoms with van der Waals surface area (Å²) >= 11 is 2.07. The lowest BCUT2D eigenvalue weighted by Crippen LogP contribution is -1.93. The fourth-order valence-electron chi connectivity index (χ4n) is 1.18. The summed E-state index contributed by atoms with van der Waals surface area (Å²) in [5, 5.41) is 0. The van der Waals surface area contributed by atoms with Crippen LogP contribution in [-0.4, -0.2) is 10.8 Å². The Morgan fingerprint density at radius 1 is 1.38 bits per heavy atom. The summed E-state index contributed by atoms with van der Waals surface area (Å²) in [5.41, 5.74) is 0.569. The van der Waals surface area contributed by atoms with Crippen molar-refractivity contribution in [2.45, 2.75) is 0 Å². The van der Waals surface area contributed by atoms with Gasteiger partial charge in [0.25, 0.3) is 0 Å². The van der Waals surface area contributed by atoms with Gasteiger partial charge in [0, 0.05) is 18.0 Å². The Balaban J connectivity index is 2.11. The molecule has 0 N–H and O–H groups in total. The quantitative estimate of drug-likeness (QED) is 0.495. The van der Waals surface area contributed by atoms with Gasteiger partial charge >= 0.3 is 0 Å². The maximum Gasteiger partial charge on any atom is 0.187 e. The lowest BCUT2D eigenvalue weighted by atomic mass is 10.2. The zero-order chi connectivity index (χ0) is 11.4. The van der Waals surface area contributed by atoms with E-state index in [0.717, 1.165) is 3.77 Å². The summed E-state index contributed by atoms with van der Waals surface area (Å²) < 4.78 is 6.10. The summed E-state index contributed by atoms with van der Waals surface area (Å²) in [6, 6.07) is 7.12. The Kier molecular flexibility index (Phi) is 3.51. The van der Waals surface area contributed by atoms with E-state index in [1.807, 2.05) is 12.1 Å². The molecule has 16 heavy (non-hydrogen) atoms. The first-order chi connectivity index (χ1) is 7.75. The molecule has 0 spiro atoms. The molecule has 0 aliphatic rings. The number of rotatable bonds is 3. The Morgan fingerprint density at radius 3 is 2.88 bits per heavy atom. The van der Waals surface area contributed by atoms with Crippen molar-refractivity contribution in [1.29, 1.82) is 0 Å². The number of carbonyl (C=O) groups excluding carboxylic acids is 1. The van der Waals surface area contributed by atoms with E-state index in [1.54, 1.807) is 30.6 Å². The highest BCUT2D eigenvalue weighted by Crippen LogP contribution is 2.12. The normalized spacial score (nSPS) is 10.8. The molecule has 0 aliphatic heterocycles. The third kappa shape index (κ3) is 2.79. The van der Waals surface area contributed by atoms with Crippen molar-refractivity contribution < 1.29 is 9.21 Å². The predicted octanol–water partition coefficient (Wildman–Crippen LogP) is 3.18. The van der Waals surface area contributed by atoms with Crippen LogP contribution in [-0.2, 0) is 0 Å². The van der Waals surface area contributed by atoms with E-state index < -0.39 is 0 Å². The summed E-state index contributed by atoms with van der Waals surface area (Å²) in [5.74, 6) is 0.584. The maximum atomic E-state index is 11.7. The van der Waals surface area contributed by atoms with Crippen molar-refractivity contribution in [2.75, 3.05) is 0 Å². The van der Waals surface area contributed by atoms with Gasteiger partial charge in [0.15, 0.2) is 9.55 Å². The number of furan rings is 1. The predicted molar refractivity (Wildman–Crippen MR) is 69.0 cm³/mol. The van der Waals surface area contributed by atoms with E-state index in [-0.39, 0.29) is 5.78 Å². The number of ketones is 1. The van der Waals surface area contributed by atoms with Gasteiger partial charge in [-0.3, -0.25) is 9.78 Å². The molecule has 0 radical (unpaired) electrons. The number of nitrogens with zero attached hydrogens (tertiary/aromatic N) is 1. The highest BCUT2D eigenvalue weighted by molar-refractivity contribution is 14.1. The van der Waals surface area contributed by atoms with Gasteiger partial charge in [-0.25, -0.2) is 0 Å². The minimum atomic E-state index is -0.0838. The van der Waals surface area contributed by atoms with Gasteiger partial charge < -0.3 is 4.42 Å². The van der Waals surface area contributed by atoms with Crippen LogP contribution >= 0.6 is 22.6 Å². The number of pyridine rings is 1. The van der Waals surface area contributed by atoms with E-state index in [1.165, 1.54) is 6.08 Å². The number of hydrogen-bond donors (Lipinski definition) is 0. The summed E-state index contributed by atoms with van der Waals surface area (Å²) in [6.07, 6.45) is 6.30. The molecule has 2 aromatic rings. The number of allylic oxidation sites excluding steroid dienone is 1. The largest absolute Gasteiger partial charge is 0.451 e. The van der Waals surface area contributed by atoms with Crippen LogP contribution < -0.4 is 0 Å². The summed E-state index contributed by atoms with van der Waals surface area (Å²) in [7, 11) is 0. The van der Waals surface area contributed by atoms with Crippen molar-refractivity contribution in [3.05, 3.63) is 57.8 Å². The molecule has 2 aromatic heterocycles. The SMILES string of the molecule is O=C(/C=C/c1ccc(I)o1)c1cccnc1. The highest BCUT2D eigenvalue weighted by atomic mass is 127. The topological polar surface area (TPSA) is 43.1 Å². The Bertz CT molecular complexity index is 517. The molecule has 4 heteroatoms. The van der Waals surface area contributed by atoms with Gasteiger partial charge in [0.05, 0.1) is 0 Å². The minimum Gasteiger partial charge on any atom is -0.451 e. The first kappa shape index (κ1) is 11.1. The van der Waals surface area contributed by atoms with Gasteiger partial charge in [-0.2, -0.15) is 0 Å². The van der Waals surface area contributed by atoms with Crippen molar-refractivity contribution in [3.8, 4) is 0 Å². The van der Waals surface area contributed by atoms with Crippen LogP contribution in [0, 0.1) is 3.77 Å². The second-order valence-electron chi connectivity index (χ2n) is 3.08. The Morgan fingerprint density at radius 2 is 2.25 bits per heavy atom. The van der Waals surface area contributed by atoms with Crippen LogP contribution in [0.4, 0.5) is 0 Å². The van der Waals surface area contributed by atoms with Gasteiger partial charge in [-0.15, -0.1) is 0 Å². The van der Waals surface area contributed by atoms with E-state index in [2.05, 4.69) is 27.6 Å². The van der Waals surface area contributed by atoms with E-state index in [9.17, 15) is 4.79 Å². The molecule has 80 valence electrons. The lowest BCUT2D eigenvalue weighted by Gasteiger charge is -1.92. The van der Waals surface area contributed by atoms with Gasteiger partial charge in [-0.05, 0) is 59.0 Å². The Labute approximate surface area is 106 Å². The molecule has 0 atom stereocenters. The monoisotopic (exact) mass is 325 g/mol. The average molecular weight is 325 g/mol. The fraction of sp³-hybridized carbons (Fsp3) is 0. The molecule has 0 aliphatic carbocycles. The number of aromatic nitrogens is 1. The molecular weight excluding hydrogens is 317 g/mol. The average Bonchev–Trinajstić information content (AvgIpc) is 2.73. The molecule has 3 nitrogen and oxygen atoms in total. The van der Waals surface area contributed by atoms with Crippen LogP contribution in [0.1, 0.15) is 16.1 Å². The van der Waals surface area contributed by atoms with E-state index >= 15 is 0 Å². The maximum absolute atomic E-state index is 11.7. The fourth-order valence-corrected chi connectivity index (χ4v) is 1.61. The van der Waals surface area contributed by atoms with Crippen LogP contribution in [0.3, 0.4) is 0 Å². The summed E-state index contributed by atoms with van der Waals surface area (Å²) in [4.78, 5) is 15.5. The van der Waals surface area contributed by atoms with Crippen LogP contribution in [0.25, 0.3) is 6.08 Å². The lowest BCUT2D eigenvalue weighted by molar-refractivity contribution is 0.104. The zero-order valence-corrected chi connectivity index (χ0v) is 10.4. The van der Waals surface area contributed by atoms with Crippen molar-refractivity contribution in [3.63, 3.8) is 0 Å². The van der Waals surface area contributed by atoms with Crippen molar-refractivity contribution >= 4 is 34.5 Å². The molecule has 0 bridgehead atoms. The molecule has 0 aromatic carbocycles. The molecule has 0 saturated carbocycles. The molecular formula is C12H8INO2. The minimum absolute atomic E-state index is 0.0838. The van der Waals surface area contributed by atoms with Crippen molar-refractivity contribution in [1.82, 2.24) is 4.98 Å². The van der Waals surface area contributed by atoms with Gasteiger partial charge in [-0.1, -0.05) is 0 Å². The first-order valence-corrected chi connectivity index (χ1v) is 5.71. The standard InChI is InChI=1S/C12H8INO2/c13-12-6-4-10(16-12)3-5-11(15)9-2-1-7-14-8-9/h1-8H/b5-3+. The number of carbonyl (C=O) groups is 1. The molecule has 0 fully saturated rings. The first-order valence-electron chi connectivity index (χ1n) is 4.63. The van der Waals surface area contributed by atoms with Gasteiger partial charge in [0.2, 0.25) is 0 Å². The zero-order valence-electron chi connectivity index (χ0n) is 8.26. The second-order valence-corrected chi connectivity index (χ2v) is 4.14. The van der Waals surface area contributed by atoms with Crippen molar-refractivity contribution in [2.24, 2.45) is 0 Å². The third-order valence-corrected chi connectivity index (χ3v) is 2.52. The molecule has 0 amide bonds. The highest BCUT2D eigenvalue weighted by Gasteiger charge is 2.01.